The molecule has 6 nitrogen and oxygen atoms in total. The van der Waals surface area contributed by atoms with Gasteiger partial charge in [-0.05, 0) is 31.0 Å². The Bertz CT molecular complexity index is 692. The van der Waals surface area contributed by atoms with Crippen molar-refractivity contribution in [1.29, 1.82) is 0 Å². The van der Waals surface area contributed by atoms with Crippen molar-refractivity contribution in [1.82, 2.24) is 20.2 Å². The standard InChI is InChI=1S/C17H21FN6/c1-23(15-6-8-19-17(21-15)12-4-5-12)11-14-9-13(18)10-24(14)16-3-2-7-20-22-16/h2-3,6-8,12-14H,4-5,9-11H2,1H3/t13-,14-/m0/s1. The summed E-state index contributed by atoms with van der Waals surface area (Å²) >= 11 is 0. The van der Waals surface area contributed by atoms with Crippen LogP contribution in [0, 0.1) is 0 Å². The normalized spacial score (nSPS) is 23.5. The molecule has 2 atom stereocenters. The lowest BCUT2D eigenvalue weighted by molar-refractivity contribution is 0.356. The SMILES string of the molecule is CN(C[C@@H]1C[C@H](F)CN1c1cccnn1)c1ccnc(C2CC2)n1. The van der Waals surface area contributed by atoms with Crippen LogP contribution >= 0.6 is 0 Å². The minimum absolute atomic E-state index is 0.0565. The predicted molar refractivity (Wildman–Crippen MR) is 90.0 cm³/mol. The molecule has 0 N–H and O–H groups in total. The summed E-state index contributed by atoms with van der Waals surface area (Å²) in [6.07, 6.45) is 5.48. The summed E-state index contributed by atoms with van der Waals surface area (Å²) in [5.41, 5.74) is 0. The summed E-state index contributed by atoms with van der Waals surface area (Å²) < 4.78 is 14.0. The summed E-state index contributed by atoms with van der Waals surface area (Å²) in [5.74, 6) is 3.08. The lowest BCUT2D eigenvalue weighted by Crippen LogP contribution is -2.39. The second-order valence-corrected chi connectivity index (χ2v) is 6.65. The van der Waals surface area contributed by atoms with Crippen LogP contribution in [-0.2, 0) is 0 Å². The van der Waals surface area contributed by atoms with Crippen molar-refractivity contribution >= 4 is 11.6 Å². The van der Waals surface area contributed by atoms with Crippen LogP contribution < -0.4 is 9.80 Å². The van der Waals surface area contributed by atoms with Gasteiger partial charge in [0.2, 0.25) is 0 Å². The van der Waals surface area contributed by atoms with Crippen LogP contribution in [0.4, 0.5) is 16.0 Å². The highest BCUT2D eigenvalue weighted by Gasteiger charge is 2.34. The van der Waals surface area contributed by atoms with Crippen LogP contribution in [-0.4, -0.2) is 52.5 Å². The Balaban J connectivity index is 1.49. The Kier molecular flexibility index (Phi) is 4.00. The second-order valence-electron chi connectivity index (χ2n) is 6.65. The van der Waals surface area contributed by atoms with Crippen molar-refractivity contribution in [2.45, 2.75) is 37.4 Å². The first-order valence-electron chi connectivity index (χ1n) is 8.43. The molecule has 1 saturated heterocycles. The third kappa shape index (κ3) is 3.16. The van der Waals surface area contributed by atoms with E-state index in [-0.39, 0.29) is 6.04 Å². The van der Waals surface area contributed by atoms with Crippen molar-refractivity contribution in [3.63, 3.8) is 0 Å². The number of nitrogens with zero attached hydrogens (tertiary/aromatic N) is 6. The van der Waals surface area contributed by atoms with Gasteiger partial charge < -0.3 is 9.80 Å². The second kappa shape index (κ2) is 6.30. The third-order valence-corrected chi connectivity index (χ3v) is 4.69. The maximum absolute atomic E-state index is 14.0. The van der Waals surface area contributed by atoms with Gasteiger partial charge in [0.25, 0.3) is 0 Å². The Morgan fingerprint density at radius 3 is 2.92 bits per heavy atom. The van der Waals surface area contributed by atoms with Crippen molar-refractivity contribution in [2.24, 2.45) is 0 Å². The van der Waals surface area contributed by atoms with E-state index in [4.69, 9.17) is 0 Å². The van der Waals surface area contributed by atoms with Gasteiger partial charge in [0, 0.05) is 38.3 Å². The van der Waals surface area contributed by atoms with E-state index in [0.29, 0.717) is 25.4 Å². The van der Waals surface area contributed by atoms with E-state index in [9.17, 15) is 4.39 Å². The molecule has 0 unspecified atom stereocenters. The smallest absolute Gasteiger partial charge is 0.151 e. The molecule has 24 heavy (non-hydrogen) atoms. The molecule has 7 heteroatoms. The molecule has 2 aromatic heterocycles. The number of alkyl halides is 1. The maximum Gasteiger partial charge on any atom is 0.151 e. The molecule has 0 aromatic carbocycles. The molecule has 2 aliphatic rings. The summed E-state index contributed by atoms with van der Waals surface area (Å²) in [6, 6.07) is 5.69. The number of halogens is 1. The average molecular weight is 328 g/mol. The molecule has 2 aromatic rings. The van der Waals surface area contributed by atoms with Crippen LogP contribution in [0.25, 0.3) is 0 Å². The molecule has 0 bridgehead atoms. The molecule has 1 aliphatic carbocycles. The molecule has 0 radical (unpaired) electrons. The summed E-state index contributed by atoms with van der Waals surface area (Å²) in [6.45, 7) is 1.06. The fourth-order valence-electron chi connectivity index (χ4n) is 3.28. The minimum Gasteiger partial charge on any atom is -0.358 e. The number of rotatable bonds is 5. The van der Waals surface area contributed by atoms with E-state index in [1.165, 1.54) is 12.8 Å². The molecule has 0 amide bonds. The molecule has 1 aliphatic heterocycles. The highest BCUT2D eigenvalue weighted by Crippen LogP contribution is 2.38. The Hall–Kier alpha value is -2.31. The zero-order chi connectivity index (χ0) is 16.5. The largest absolute Gasteiger partial charge is 0.358 e. The zero-order valence-corrected chi connectivity index (χ0v) is 13.7. The van der Waals surface area contributed by atoms with Gasteiger partial charge >= 0.3 is 0 Å². The Labute approximate surface area is 140 Å². The van der Waals surface area contributed by atoms with Crippen molar-refractivity contribution in [2.75, 3.05) is 29.9 Å². The van der Waals surface area contributed by atoms with Crippen molar-refractivity contribution < 1.29 is 4.39 Å². The van der Waals surface area contributed by atoms with Crippen LogP contribution in [0.5, 0.6) is 0 Å². The third-order valence-electron chi connectivity index (χ3n) is 4.69. The molecule has 3 heterocycles. The van der Waals surface area contributed by atoms with Crippen LogP contribution in [0.15, 0.2) is 30.6 Å². The molecular weight excluding hydrogens is 307 g/mol. The van der Waals surface area contributed by atoms with Gasteiger partial charge in [0.1, 0.15) is 17.8 Å². The molecule has 126 valence electrons. The number of aromatic nitrogens is 4. The molecule has 2 fully saturated rings. The van der Waals surface area contributed by atoms with Gasteiger partial charge in [0.05, 0.1) is 12.6 Å². The minimum atomic E-state index is -0.835. The summed E-state index contributed by atoms with van der Waals surface area (Å²) in [5, 5.41) is 8.05. The lowest BCUT2D eigenvalue weighted by Gasteiger charge is -2.29. The van der Waals surface area contributed by atoms with Crippen molar-refractivity contribution in [3.05, 3.63) is 36.4 Å². The first kappa shape index (κ1) is 15.2. The number of anilines is 2. The fourth-order valence-corrected chi connectivity index (χ4v) is 3.28. The van der Waals surface area contributed by atoms with E-state index < -0.39 is 6.17 Å². The van der Waals surface area contributed by atoms with Crippen LogP contribution in [0.1, 0.15) is 31.0 Å². The van der Waals surface area contributed by atoms with Gasteiger partial charge in [-0.1, -0.05) is 0 Å². The van der Waals surface area contributed by atoms with Gasteiger partial charge in [-0.15, -0.1) is 5.10 Å². The average Bonchev–Trinajstić information content (AvgIpc) is 3.39. The van der Waals surface area contributed by atoms with Gasteiger partial charge in [0.15, 0.2) is 5.82 Å². The highest BCUT2D eigenvalue weighted by atomic mass is 19.1. The molecule has 0 spiro atoms. The lowest BCUT2D eigenvalue weighted by atomic mass is 10.2. The first-order chi connectivity index (χ1) is 11.7. The quantitative estimate of drug-likeness (QED) is 0.839. The predicted octanol–water partition coefficient (Wildman–Crippen LogP) is 2.20. The zero-order valence-electron chi connectivity index (χ0n) is 13.7. The first-order valence-corrected chi connectivity index (χ1v) is 8.43. The van der Waals surface area contributed by atoms with Gasteiger partial charge in [-0.2, -0.15) is 5.10 Å². The molecule has 4 rings (SSSR count). The van der Waals surface area contributed by atoms with Gasteiger partial charge in [-0.25, -0.2) is 14.4 Å². The number of likely N-dealkylation sites (N-methyl/N-ethyl adjacent to an activating group) is 1. The van der Waals surface area contributed by atoms with Crippen molar-refractivity contribution in [3.8, 4) is 0 Å². The number of hydrogen-bond acceptors (Lipinski definition) is 6. The number of hydrogen-bond donors (Lipinski definition) is 0. The Morgan fingerprint density at radius 2 is 2.17 bits per heavy atom. The fraction of sp³-hybridized carbons (Fsp3) is 0.529. The monoisotopic (exact) mass is 328 g/mol. The van der Waals surface area contributed by atoms with Gasteiger partial charge in [-0.3, -0.25) is 0 Å². The Morgan fingerprint density at radius 1 is 1.29 bits per heavy atom. The van der Waals surface area contributed by atoms with E-state index in [0.717, 1.165) is 17.5 Å². The molecule has 1 saturated carbocycles. The van der Waals surface area contributed by atoms with Crippen LogP contribution in [0.2, 0.25) is 0 Å². The van der Waals surface area contributed by atoms with E-state index in [1.54, 1.807) is 6.20 Å². The van der Waals surface area contributed by atoms with E-state index in [1.807, 2.05) is 36.3 Å². The topological polar surface area (TPSA) is 58.0 Å². The van der Waals surface area contributed by atoms with E-state index in [2.05, 4.69) is 25.1 Å². The molecular formula is C17H21FN6. The highest BCUT2D eigenvalue weighted by molar-refractivity contribution is 5.43. The summed E-state index contributed by atoms with van der Waals surface area (Å²) in [7, 11) is 2.00. The summed E-state index contributed by atoms with van der Waals surface area (Å²) in [4.78, 5) is 13.1. The maximum atomic E-state index is 14.0. The van der Waals surface area contributed by atoms with Crippen LogP contribution in [0.3, 0.4) is 0 Å². The van der Waals surface area contributed by atoms with E-state index >= 15 is 0 Å².